The molecule has 2 rings (SSSR count). The van der Waals surface area contributed by atoms with E-state index in [-0.39, 0.29) is 5.91 Å². The van der Waals surface area contributed by atoms with Crippen LogP contribution in [0.2, 0.25) is 0 Å². The van der Waals surface area contributed by atoms with Crippen LogP contribution in [-0.2, 0) is 4.79 Å². The van der Waals surface area contributed by atoms with Gasteiger partial charge in [0.25, 0.3) is 0 Å². The lowest BCUT2D eigenvalue weighted by molar-refractivity contribution is -0.130. The van der Waals surface area contributed by atoms with Gasteiger partial charge < -0.3 is 4.90 Å². The molecule has 2 aliphatic rings. The number of fused-ring (bicyclic) bond motifs is 2. The van der Waals surface area contributed by atoms with Gasteiger partial charge in [-0.3, -0.25) is 4.79 Å². The maximum absolute atomic E-state index is 11.2. The van der Waals surface area contributed by atoms with Gasteiger partial charge in [0.2, 0.25) is 5.91 Å². The Hall–Kier alpha value is -0.180. The van der Waals surface area contributed by atoms with Crippen LogP contribution in [-0.4, -0.2) is 34.9 Å². The van der Waals surface area contributed by atoms with Crippen molar-refractivity contribution < 1.29 is 4.79 Å². The fraction of sp³-hybridized carbons (Fsp3) is 0.889. The molecule has 68 valence electrons. The molecule has 2 bridgehead atoms. The Balaban J connectivity index is 2.03. The van der Waals surface area contributed by atoms with Crippen LogP contribution in [0.15, 0.2) is 0 Å². The number of amides is 1. The van der Waals surface area contributed by atoms with Crippen LogP contribution >= 0.6 is 11.8 Å². The van der Waals surface area contributed by atoms with Crippen LogP contribution in [0.25, 0.3) is 0 Å². The molecular formula is C9H15NOS. The quantitative estimate of drug-likeness (QED) is 0.615. The maximum Gasteiger partial charge on any atom is 0.219 e. The Morgan fingerprint density at radius 3 is 2.67 bits per heavy atom. The van der Waals surface area contributed by atoms with Crippen molar-refractivity contribution in [3.8, 4) is 0 Å². The van der Waals surface area contributed by atoms with Crippen LogP contribution in [0.1, 0.15) is 19.8 Å². The Labute approximate surface area is 77.7 Å². The average Bonchev–Trinajstić information content (AvgIpc) is 2.60. The molecule has 3 heteroatoms. The first kappa shape index (κ1) is 8.42. The lowest BCUT2D eigenvalue weighted by Crippen LogP contribution is -2.39. The third-order valence-electron chi connectivity index (χ3n) is 3.18. The molecule has 1 heterocycles. The average molecular weight is 185 g/mol. The van der Waals surface area contributed by atoms with Crippen molar-refractivity contribution in [3.05, 3.63) is 0 Å². The fourth-order valence-corrected chi connectivity index (χ4v) is 3.58. The minimum Gasteiger partial charge on any atom is -0.340 e. The van der Waals surface area contributed by atoms with Gasteiger partial charge in [-0.15, -0.1) is 0 Å². The third-order valence-corrected chi connectivity index (χ3v) is 4.37. The molecule has 0 spiro atoms. The predicted octanol–water partition coefficient (Wildman–Crippen LogP) is 1.36. The van der Waals surface area contributed by atoms with Gasteiger partial charge in [0.05, 0.1) is 0 Å². The van der Waals surface area contributed by atoms with E-state index in [1.165, 1.54) is 12.8 Å². The molecule has 1 aliphatic heterocycles. The molecule has 12 heavy (non-hydrogen) atoms. The van der Waals surface area contributed by atoms with Crippen LogP contribution in [0.4, 0.5) is 0 Å². The second-order valence-electron chi connectivity index (χ2n) is 3.83. The number of carbonyl (C=O) groups is 1. The van der Waals surface area contributed by atoms with Crippen LogP contribution in [0, 0.1) is 5.92 Å². The molecule has 1 saturated carbocycles. The molecule has 1 saturated heterocycles. The SMILES string of the molecule is CSC1CC2CC1CN2C(C)=O. The number of likely N-dealkylation sites (tertiary alicyclic amines) is 1. The van der Waals surface area contributed by atoms with Gasteiger partial charge in [0.15, 0.2) is 0 Å². The monoisotopic (exact) mass is 185 g/mol. The molecule has 1 aliphatic carbocycles. The highest BCUT2D eigenvalue weighted by Crippen LogP contribution is 2.42. The van der Waals surface area contributed by atoms with Crippen molar-refractivity contribution in [2.45, 2.75) is 31.1 Å². The number of carbonyl (C=O) groups excluding carboxylic acids is 1. The minimum atomic E-state index is 0.266. The number of hydrogen-bond acceptors (Lipinski definition) is 2. The van der Waals surface area contributed by atoms with E-state index in [1.54, 1.807) is 6.92 Å². The maximum atomic E-state index is 11.2. The molecule has 2 nitrogen and oxygen atoms in total. The number of rotatable bonds is 1. The first-order valence-corrected chi connectivity index (χ1v) is 5.81. The Morgan fingerprint density at radius 2 is 2.25 bits per heavy atom. The predicted molar refractivity (Wildman–Crippen MR) is 51.2 cm³/mol. The molecule has 0 aromatic rings. The summed E-state index contributed by atoms with van der Waals surface area (Å²) in [6, 6.07) is 0.574. The van der Waals surface area contributed by atoms with Crippen LogP contribution in [0.5, 0.6) is 0 Å². The lowest BCUT2D eigenvalue weighted by atomic mass is 10.1. The smallest absolute Gasteiger partial charge is 0.219 e. The van der Waals surface area contributed by atoms with Gasteiger partial charge in [-0.05, 0) is 25.0 Å². The number of hydrogen-bond donors (Lipinski definition) is 0. The largest absolute Gasteiger partial charge is 0.340 e. The summed E-state index contributed by atoms with van der Waals surface area (Å²) in [5, 5.41) is 0.825. The minimum absolute atomic E-state index is 0.266. The molecular weight excluding hydrogens is 170 g/mol. The zero-order chi connectivity index (χ0) is 8.72. The highest BCUT2D eigenvalue weighted by atomic mass is 32.2. The van der Waals surface area contributed by atoms with E-state index < -0.39 is 0 Å². The molecule has 3 atom stereocenters. The van der Waals surface area contributed by atoms with E-state index in [4.69, 9.17) is 0 Å². The van der Waals surface area contributed by atoms with Crippen molar-refractivity contribution in [2.24, 2.45) is 5.92 Å². The van der Waals surface area contributed by atoms with E-state index in [0.29, 0.717) is 6.04 Å². The van der Waals surface area contributed by atoms with Crippen LogP contribution in [0.3, 0.4) is 0 Å². The zero-order valence-corrected chi connectivity index (χ0v) is 8.43. The zero-order valence-electron chi connectivity index (χ0n) is 7.62. The van der Waals surface area contributed by atoms with Gasteiger partial charge in [0.1, 0.15) is 0 Å². The highest BCUT2D eigenvalue weighted by Gasteiger charge is 2.44. The summed E-state index contributed by atoms with van der Waals surface area (Å²) < 4.78 is 0. The van der Waals surface area contributed by atoms with Gasteiger partial charge in [-0.25, -0.2) is 0 Å². The van der Waals surface area contributed by atoms with Crippen molar-refractivity contribution >= 4 is 17.7 Å². The molecule has 0 aromatic heterocycles. The molecule has 0 N–H and O–H groups in total. The fourth-order valence-electron chi connectivity index (χ4n) is 2.58. The lowest BCUT2D eigenvalue weighted by Gasteiger charge is -2.29. The first-order chi connectivity index (χ1) is 5.72. The third kappa shape index (κ3) is 1.15. The number of nitrogens with zero attached hydrogens (tertiary/aromatic N) is 1. The number of piperidine rings is 1. The summed E-state index contributed by atoms with van der Waals surface area (Å²) >= 11 is 1.97. The molecule has 3 unspecified atom stereocenters. The van der Waals surface area contributed by atoms with E-state index in [9.17, 15) is 4.79 Å². The van der Waals surface area contributed by atoms with Crippen molar-refractivity contribution in [2.75, 3.05) is 12.8 Å². The summed E-state index contributed by atoms with van der Waals surface area (Å²) in [5.74, 6) is 1.05. The highest BCUT2D eigenvalue weighted by molar-refractivity contribution is 7.99. The summed E-state index contributed by atoms with van der Waals surface area (Å²) in [4.78, 5) is 13.2. The van der Waals surface area contributed by atoms with E-state index >= 15 is 0 Å². The Kier molecular flexibility index (Phi) is 2.07. The summed E-state index contributed by atoms with van der Waals surface area (Å²) in [5.41, 5.74) is 0. The molecule has 1 amide bonds. The van der Waals surface area contributed by atoms with Gasteiger partial charge >= 0.3 is 0 Å². The topological polar surface area (TPSA) is 20.3 Å². The van der Waals surface area contributed by atoms with Crippen molar-refractivity contribution in [1.29, 1.82) is 0 Å². The van der Waals surface area contributed by atoms with Crippen LogP contribution < -0.4 is 0 Å². The van der Waals surface area contributed by atoms with Gasteiger partial charge in [0, 0.05) is 24.8 Å². The normalized spacial score (nSPS) is 39.2. The Bertz CT molecular complexity index is 207. The van der Waals surface area contributed by atoms with E-state index in [1.807, 2.05) is 11.8 Å². The second-order valence-corrected chi connectivity index (χ2v) is 4.91. The first-order valence-electron chi connectivity index (χ1n) is 4.52. The Morgan fingerprint density at radius 1 is 1.50 bits per heavy atom. The molecule has 0 radical (unpaired) electrons. The summed E-state index contributed by atoms with van der Waals surface area (Å²) in [7, 11) is 0. The second kappa shape index (κ2) is 2.95. The van der Waals surface area contributed by atoms with Gasteiger partial charge in [-0.1, -0.05) is 0 Å². The van der Waals surface area contributed by atoms with Crippen molar-refractivity contribution in [3.63, 3.8) is 0 Å². The van der Waals surface area contributed by atoms with E-state index in [0.717, 1.165) is 17.7 Å². The molecule has 2 fully saturated rings. The molecule has 0 aromatic carbocycles. The van der Waals surface area contributed by atoms with E-state index in [2.05, 4.69) is 11.2 Å². The van der Waals surface area contributed by atoms with Crippen molar-refractivity contribution in [1.82, 2.24) is 4.90 Å². The summed E-state index contributed by atoms with van der Waals surface area (Å²) in [6.45, 7) is 2.71. The standard InChI is InChI=1S/C9H15NOS/c1-6(11)10-5-7-3-8(10)4-9(7)12-2/h7-9H,3-5H2,1-2H3. The summed E-state index contributed by atoms with van der Waals surface area (Å²) in [6.07, 6.45) is 4.67. The number of thioether (sulfide) groups is 1. The van der Waals surface area contributed by atoms with Gasteiger partial charge in [-0.2, -0.15) is 11.8 Å².